The van der Waals surface area contributed by atoms with Crippen molar-refractivity contribution in [2.75, 3.05) is 7.05 Å². The van der Waals surface area contributed by atoms with Crippen molar-refractivity contribution in [3.63, 3.8) is 0 Å². The largest absolute Gasteiger partial charge is 0.293 e. The van der Waals surface area contributed by atoms with Gasteiger partial charge in [-0.15, -0.1) is 0 Å². The van der Waals surface area contributed by atoms with Crippen molar-refractivity contribution in [3.8, 4) is 0 Å². The van der Waals surface area contributed by atoms with Gasteiger partial charge in [0.15, 0.2) is 0 Å². The van der Waals surface area contributed by atoms with Crippen LogP contribution < -0.4 is 0 Å². The second kappa shape index (κ2) is 9.41. The number of hydrogen-bond acceptors (Lipinski definition) is 1. The predicted octanol–water partition coefficient (Wildman–Crippen LogP) is 3.46. The minimum atomic E-state index is 1.09. The fraction of sp³-hybridized carbons (Fsp3) is 0.700. The summed E-state index contributed by atoms with van der Waals surface area (Å²) >= 11 is 0. The van der Waals surface area contributed by atoms with E-state index in [-0.39, 0.29) is 0 Å². The van der Waals surface area contributed by atoms with E-state index >= 15 is 0 Å². The van der Waals surface area contributed by atoms with Crippen LogP contribution in [0.5, 0.6) is 0 Å². The molecule has 0 fully saturated rings. The first-order valence-electron chi connectivity index (χ1n) is 4.16. The molecular weight excluding hydrogens is 134 g/mol. The van der Waals surface area contributed by atoms with Crippen LogP contribution >= 0.6 is 0 Å². The maximum atomic E-state index is 3.97. The summed E-state index contributed by atoms with van der Waals surface area (Å²) in [6.07, 6.45) is 3.31. The second-order valence-electron chi connectivity index (χ2n) is 2.79. The number of hydrogen-bond donors (Lipinski definition) is 0. The first-order chi connectivity index (χ1) is 5.08. The smallest absolute Gasteiger partial charge is 0.0313 e. The highest BCUT2D eigenvalue weighted by Gasteiger charge is 1.78. The first kappa shape index (κ1) is 13.0. The Morgan fingerprint density at radius 1 is 1.18 bits per heavy atom. The summed E-state index contributed by atoms with van der Waals surface area (Å²) in [5.41, 5.74) is 2.39. The maximum absolute atomic E-state index is 3.97. The summed E-state index contributed by atoms with van der Waals surface area (Å²) in [6, 6.07) is 0. The molecule has 0 aromatic rings. The van der Waals surface area contributed by atoms with Gasteiger partial charge in [0.1, 0.15) is 0 Å². The number of nitrogens with zero attached hydrogens (tertiary/aromatic N) is 1. The van der Waals surface area contributed by atoms with Gasteiger partial charge in [-0.2, -0.15) is 0 Å². The normalized spacial score (nSPS) is 9.82. The van der Waals surface area contributed by atoms with Gasteiger partial charge in [0.05, 0.1) is 0 Å². The van der Waals surface area contributed by atoms with Crippen LogP contribution in [-0.4, -0.2) is 12.8 Å². The molecule has 66 valence electrons. The van der Waals surface area contributed by atoms with E-state index in [4.69, 9.17) is 0 Å². The van der Waals surface area contributed by atoms with Crippen LogP contribution in [0.25, 0.3) is 0 Å². The van der Waals surface area contributed by atoms with Crippen molar-refractivity contribution in [1.82, 2.24) is 0 Å². The molecule has 1 heteroatoms. The number of aliphatic imine (C=N–C) groups is 1. The van der Waals surface area contributed by atoms with Crippen molar-refractivity contribution in [3.05, 3.63) is 11.6 Å². The van der Waals surface area contributed by atoms with Crippen molar-refractivity contribution < 1.29 is 0 Å². The Balaban J connectivity index is 0. The summed E-state index contributed by atoms with van der Waals surface area (Å²) < 4.78 is 0. The van der Waals surface area contributed by atoms with E-state index in [1.807, 2.05) is 6.92 Å². The van der Waals surface area contributed by atoms with Crippen molar-refractivity contribution in [2.45, 2.75) is 41.0 Å². The fourth-order valence-corrected chi connectivity index (χ4v) is 0.482. The van der Waals surface area contributed by atoms with Gasteiger partial charge in [0, 0.05) is 12.8 Å². The molecule has 0 amide bonds. The lowest BCUT2D eigenvalue weighted by atomic mass is 10.3. The Hall–Kier alpha value is -0.590. The molecule has 0 saturated heterocycles. The third-order valence-electron chi connectivity index (χ3n) is 0.850. The molecule has 0 aliphatic rings. The summed E-state index contributed by atoms with van der Waals surface area (Å²) in [5.74, 6) is 0. The van der Waals surface area contributed by atoms with Crippen LogP contribution in [0.2, 0.25) is 0 Å². The van der Waals surface area contributed by atoms with Crippen molar-refractivity contribution >= 4 is 5.71 Å². The zero-order valence-electron chi connectivity index (χ0n) is 8.73. The van der Waals surface area contributed by atoms with Gasteiger partial charge >= 0.3 is 0 Å². The standard InChI is InChI=1S/C7H13N.C3H8/c1-6(2)5-7(3)8-4;1-3-2/h5H,1-4H3;3H2,1-2H3. The Labute approximate surface area is 71.2 Å². The van der Waals surface area contributed by atoms with Gasteiger partial charge in [-0.3, -0.25) is 4.99 Å². The Morgan fingerprint density at radius 3 is 1.64 bits per heavy atom. The molecule has 0 spiro atoms. The molecule has 0 atom stereocenters. The van der Waals surface area contributed by atoms with Crippen molar-refractivity contribution in [2.24, 2.45) is 4.99 Å². The summed E-state index contributed by atoms with van der Waals surface area (Å²) in [6.45, 7) is 10.4. The fourth-order valence-electron chi connectivity index (χ4n) is 0.482. The van der Waals surface area contributed by atoms with Gasteiger partial charge in [-0.1, -0.05) is 25.8 Å². The highest BCUT2D eigenvalue weighted by molar-refractivity contribution is 5.93. The minimum absolute atomic E-state index is 1.09. The Kier molecular flexibility index (Phi) is 11.1. The van der Waals surface area contributed by atoms with E-state index in [1.165, 1.54) is 12.0 Å². The minimum Gasteiger partial charge on any atom is -0.293 e. The molecule has 0 N–H and O–H groups in total. The molecule has 0 bridgehead atoms. The Morgan fingerprint density at radius 2 is 1.55 bits per heavy atom. The van der Waals surface area contributed by atoms with Crippen molar-refractivity contribution in [1.29, 1.82) is 0 Å². The quantitative estimate of drug-likeness (QED) is 0.514. The second-order valence-corrected chi connectivity index (χ2v) is 2.79. The van der Waals surface area contributed by atoms with E-state index in [2.05, 4.69) is 38.8 Å². The summed E-state index contributed by atoms with van der Waals surface area (Å²) in [7, 11) is 1.80. The molecule has 0 radical (unpaired) electrons. The van der Waals surface area contributed by atoms with Crippen LogP contribution in [0.15, 0.2) is 16.6 Å². The lowest BCUT2D eigenvalue weighted by Crippen LogP contribution is -1.83. The first-order valence-corrected chi connectivity index (χ1v) is 4.16. The van der Waals surface area contributed by atoms with E-state index in [0.29, 0.717) is 0 Å². The number of allylic oxidation sites excluding steroid dienone is 2. The highest BCUT2D eigenvalue weighted by atomic mass is 14.7. The predicted molar refractivity (Wildman–Crippen MR) is 54.4 cm³/mol. The van der Waals surface area contributed by atoms with Gasteiger partial charge in [-0.25, -0.2) is 0 Å². The van der Waals surface area contributed by atoms with E-state index in [1.54, 1.807) is 7.05 Å². The third kappa shape index (κ3) is 17.7. The van der Waals surface area contributed by atoms with E-state index < -0.39 is 0 Å². The lowest BCUT2D eigenvalue weighted by molar-refractivity contribution is 1.09. The van der Waals surface area contributed by atoms with E-state index in [0.717, 1.165) is 5.71 Å². The zero-order chi connectivity index (χ0) is 9.28. The van der Waals surface area contributed by atoms with Crippen LogP contribution in [-0.2, 0) is 0 Å². The van der Waals surface area contributed by atoms with Crippen LogP contribution in [0.1, 0.15) is 41.0 Å². The molecule has 0 rings (SSSR count). The van der Waals surface area contributed by atoms with Gasteiger partial charge < -0.3 is 0 Å². The monoisotopic (exact) mass is 155 g/mol. The van der Waals surface area contributed by atoms with Gasteiger partial charge in [0.25, 0.3) is 0 Å². The molecule has 0 unspecified atom stereocenters. The molecule has 0 aliphatic heterocycles. The molecule has 0 aliphatic carbocycles. The molecule has 0 aromatic carbocycles. The zero-order valence-corrected chi connectivity index (χ0v) is 8.73. The lowest BCUT2D eigenvalue weighted by Gasteiger charge is -1.87. The molecule has 0 heterocycles. The average molecular weight is 155 g/mol. The molecule has 0 aromatic heterocycles. The average Bonchev–Trinajstić information content (AvgIpc) is 1.88. The van der Waals surface area contributed by atoms with Gasteiger partial charge in [-0.05, 0) is 26.8 Å². The number of rotatable bonds is 1. The van der Waals surface area contributed by atoms with E-state index in [9.17, 15) is 0 Å². The highest BCUT2D eigenvalue weighted by Crippen LogP contribution is 1.88. The molecule has 0 saturated carbocycles. The molecule has 1 nitrogen and oxygen atoms in total. The van der Waals surface area contributed by atoms with Crippen LogP contribution in [0.3, 0.4) is 0 Å². The molecular formula is C10H21N. The topological polar surface area (TPSA) is 12.4 Å². The van der Waals surface area contributed by atoms with Gasteiger partial charge in [0.2, 0.25) is 0 Å². The Bertz CT molecular complexity index is 128. The third-order valence-corrected chi connectivity index (χ3v) is 0.850. The van der Waals surface area contributed by atoms with Crippen LogP contribution in [0.4, 0.5) is 0 Å². The summed E-state index contributed by atoms with van der Waals surface area (Å²) in [5, 5.41) is 0. The molecule has 11 heavy (non-hydrogen) atoms. The maximum Gasteiger partial charge on any atom is 0.0313 e. The van der Waals surface area contributed by atoms with Crippen LogP contribution in [0, 0.1) is 0 Å². The SMILES string of the molecule is CCC.CN=C(C)C=C(C)C. The summed E-state index contributed by atoms with van der Waals surface area (Å²) in [4.78, 5) is 3.97.